The van der Waals surface area contributed by atoms with E-state index >= 15 is 0 Å². The summed E-state index contributed by atoms with van der Waals surface area (Å²) in [5.41, 5.74) is 0. The van der Waals surface area contributed by atoms with Crippen LogP contribution in [-0.4, -0.2) is 33.2 Å². The molecule has 1 rings (SSSR count). The Balaban J connectivity index is 2.38. The Kier molecular flexibility index (Phi) is 2.95. The summed E-state index contributed by atoms with van der Waals surface area (Å²) in [5, 5.41) is 9.77. The topological polar surface area (TPSA) is 20.2 Å². The molecule has 0 aromatic carbocycles. The lowest BCUT2D eigenvalue weighted by molar-refractivity contribution is 0.266. The highest BCUT2D eigenvalue weighted by molar-refractivity contribution is 8.07. The van der Waals surface area contributed by atoms with Crippen LogP contribution in [0.25, 0.3) is 0 Å². The molecule has 0 aromatic heterocycles. The predicted octanol–water partition coefficient (Wildman–Crippen LogP) is 1.61. The Labute approximate surface area is 71.0 Å². The van der Waals surface area contributed by atoms with Gasteiger partial charge in [0.25, 0.3) is 0 Å². The number of rotatable bonds is 1. The molecule has 1 aliphatic rings. The van der Waals surface area contributed by atoms with Crippen molar-refractivity contribution in [3.8, 4) is 0 Å². The zero-order valence-electron chi connectivity index (χ0n) is 6.46. The molecule has 2 unspecified atom stereocenters. The summed E-state index contributed by atoms with van der Waals surface area (Å²) in [6, 6.07) is 0. The van der Waals surface area contributed by atoms with Gasteiger partial charge in [-0.2, -0.15) is 23.5 Å². The van der Waals surface area contributed by atoms with Crippen molar-refractivity contribution in [2.75, 3.05) is 18.1 Å². The van der Waals surface area contributed by atoms with Crippen molar-refractivity contribution >= 4 is 23.5 Å². The number of thioether (sulfide) groups is 2. The second-order valence-electron chi connectivity index (χ2n) is 3.04. The first kappa shape index (κ1) is 8.75. The molecule has 0 aromatic rings. The van der Waals surface area contributed by atoms with Crippen LogP contribution in [0.2, 0.25) is 0 Å². The Morgan fingerprint density at radius 2 is 2.40 bits per heavy atom. The van der Waals surface area contributed by atoms with Crippen LogP contribution >= 0.6 is 23.5 Å². The van der Waals surface area contributed by atoms with Crippen molar-refractivity contribution in [2.45, 2.75) is 23.8 Å². The predicted molar refractivity (Wildman–Crippen MR) is 49.9 cm³/mol. The molecular weight excluding hydrogens is 164 g/mol. The minimum Gasteiger partial charge on any atom is -0.395 e. The number of hydrogen-bond donors (Lipinski definition) is 1. The van der Waals surface area contributed by atoms with E-state index in [2.05, 4.69) is 13.8 Å². The second-order valence-corrected chi connectivity index (χ2v) is 6.07. The molecule has 1 fully saturated rings. The maximum atomic E-state index is 9.00. The van der Waals surface area contributed by atoms with Crippen LogP contribution in [0.3, 0.4) is 0 Å². The van der Waals surface area contributed by atoms with Gasteiger partial charge in [-0.25, -0.2) is 0 Å². The molecule has 0 saturated carbocycles. The van der Waals surface area contributed by atoms with Gasteiger partial charge in [0.1, 0.15) is 0 Å². The van der Waals surface area contributed by atoms with Gasteiger partial charge in [0.15, 0.2) is 0 Å². The van der Waals surface area contributed by atoms with Crippen molar-refractivity contribution in [1.82, 2.24) is 0 Å². The van der Waals surface area contributed by atoms with Gasteiger partial charge in [-0.3, -0.25) is 0 Å². The van der Waals surface area contributed by atoms with E-state index in [-0.39, 0.29) is 4.75 Å². The molecule has 10 heavy (non-hydrogen) atoms. The normalized spacial score (nSPS) is 41.7. The summed E-state index contributed by atoms with van der Waals surface area (Å²) in [4.78, 5) is 0. The third-order valence-corrected chi connectivity index (χ3v) is 5.24. The molecule has 60 valence electrons. The first-order chi connectivity index (χ1) is 4.66. The van der Waals surface area contributed by atoms with Crippen LogP contribution in [0, 0.1) is 0 Å². The molecule has 2 atom stereocenters. The summed E-state index contributed by atoms with van der Waals surface area (Å²) in [7, 11) is 0. The maximum absolute atomic E-state index is 9.00. The van der Waals surface area contributed by atoms with E-state index in [0.717, 1.165) is 11.0 Å². The third kappa shape index (κ3) is 2.07. The first-order valence-electron chi connectivity index (χ1n) is 3.53. The van der Waals surface area contributed by atoms with Crippen LogP contribution in [0.15, 0.2) is 0 Å². The highest BCUT2D eigenvalue weighted by Gasteiger charge is 2.29. The molecule has 1 nitrogen and oxygen atoms in total. The molecule has 0 amide bonds. The van der Waals surface area contributed by atoms with E-state index in [0.29, 0.717) is 6.61 Å². The van der Waals surface area contributed by atoms with Crippen LogP contribution < -0.4 is 0 Å². The smallest absolute Gasteiger partial charge is 0.0583 e. The van der Waals surface area contributed by atoms with E-state index in [1.165, 1.54) is 5.75 Å². The Morgan fingerprint density at radius 1 is 1.70 bits per heavy atom. The van der Waals surface area contributed by atoms with Crippen LogP contribution in [0.1, 0.15) is 13.8 Å². The molecule has 0 aliphatic carbocycles. The first-order valence-corrected chi connectivity index (χ1v) is 5.56. The zero-order valence-corrected chi connectivity index (χ0v) is 8.10. The third-order valence-electron chi connectivity index (χ3n) is 1.67. The molecule has 1 heterocycles. The van der Waals surface area contributed by atoms with Crippen molar-refractivity contribution in [3.63, 3.8) is 0 Å². The van der Waals surface area contributed by atoms with E-state index < -0.39 is 0 Å². The lowest BCUT2D eigenvalue weighted by Crippen LogP contribution is -2.34. The highest BCUT2D eigenvalue weighted by atomic mass is 32.2. The lowest BCUT2D eigenvalue weighted by Gasteiger charge is -2.33. The van der Waals surface area contributed by atoms with Gasteiger partial charge >= 0.3 is 0 Å². The van der Waals surface area contributed by atoms with Gasteiger partial charge in [0.05, 0.1) is 6.61 Å². The van der Waals surface area contributed by atoms with E-state index in [9.17, 15) is 0 Å². The average Bonchev–Trinajstić information content (AvgIpc) is 1.96. The molecule has 1 aliphatic heterocycles. The summed E-state index contributed by atoms with van der Waals surface area (Å²) in [6.45, 7) is 4.70. The highest BCUT2D eigenvalue weighted by Crippen LogP contribution is 2.37. The molecule has 3 heteroatoms. The van der Waals surface area contributed by atoms with Crippen molar-refractivity contribution in [2.24, 2.45) is 0 Å². The average molecular weight is 178 g/mol. The van der Waals surface area contributed by atoms with E-state index in [1.807, 2.05) is 23.5 Å². The van der Waals surface area contributed by atoms with Crippen LogP contribution in [0.5, 0.6) is 0 Å². The van der Waals surface area contributed by atoms with Gasteiger partial charge in [0.2, 0.25) is 0 Å². The van der Waals surface area contributed by atoms with Gasteiger partial charge < -0.3 is 5.11 Å². The summed E-state index contributed by atoms with van der Waals surface area (Å²) >= 11 is 3.87. The summed E-state index contributed by atoms with van der Waals surface area (Å²) in [5.74, 6) is 2.27. The lowest BCUT2D eigenvalue weighted by atomic mass is 10.2. The van der Waals surface area contributed by atoms with Gasteiger partial charge in [-0.1, -0.05) is 6.92 Å². The van der Waals surface area contributed by atoms with Gasteiger partial charge in [-0.05, 0) is 6.92 Å². The zero-order chi connectivity index (χ0) is 7.61. The van der Waals surface area contributed by atoms with Gasteiger partial charge in [-0.15, -0.1) is 0 Å². The number of aliphatic hydroxyl groups is 1. The van der Waals surface area contributed by atoms with Crippen LogP contribution in [-0.2, 0) is 0 Å². The molecule has 0 spiro atoms. The maximum Gasteiger partial charge on any atom is 0.0583 e. The fraction of sp³-hybridized carbons (Fsp3) is 1.00. The summed E-state index contributed by atoms with van der Waals surface area (Å²) < 4.78 is 0.136. The molecule has 1 saturated heterocycles. The van der Waals surface area contributed by atoms with E-state index in [1.54, 1.807) is 0 Å². The minimum atomic E-state index is 0.136. The fourth-order valence-electron chi connectivity index (χ4n) is 0.818. The Morgan fingerprint density at radius 3 is 2.80 bits per heavy atom. The second kappa shape index (κ2) is 3.37. The van der Waals surface area contributed by atoms with Crippen molar-refractivity contribution in [1.29, 1.82) is 0 Å². The van der Waals surface area contributed by atoms with Crippen LogP contribution in [0.4, 0.5) is 0 Å². The Bertz CT molecular complexity index is 108. The number of hydrogen-bond acceptors (Lipinski definition) is 3. The monoisotopic (exact) mass is 178 g/mol. The fourth-order valence-corrected chi connectivity index (χ4v) is 3.40. The van der Waals surface area contributed by atoms with Crippen molar-refractivity contribution in [3.05, 3.63) is 0 Å². The van der Waals surface area contributed by atoms with E-state index in [4.69, 9.17) is 5.11 Å². The Hall–Kier alpha value is 0.660. The minimum absolute atomic E-state index is 0.136. The largest absolute Gasteiger partial charge is 0.395 e. The SMILES string of the molecule is CC1CSC(C)(CO)CS1. The molecule has 1 N–H and O–H groups in total. The molecule has 0 bridgehead atoms. The summed E-state index contributed by atoms with van der Waals surface area (Å²) in [6.07, 6.45) is 0. The van der Waals surface area contributed by atoms with Gasteiger partial charge in [0, 0.05) is 21.5 Å². The number of aliphatic hydroxyl groups excluding tert-OH is 1. The quantitative estimate of drug-likeness (QED) is 0.659. The van der Waals surface area contributed by atoms with Crippen molar-refractivity contribution < 1.29 is 5.11 Å². The molecular formula is C7H14OS2. The molecule has 0 radical (unpaired) electrons. The standard InChI is InChI=1S/C7H14OS2/c1-6-3-10-7(2,4-8)5-9-6/h6,8H,3-5H2,1-2H3.